The highest BCUT2D eigenvalue weighted by atomic mass is 16.3. The molecule has 0 aromatic heterocycles. The van der Waals surface area contributed by atoms with Crippen molar-refractivity contribution in [2.24, 2.45) is 0 Å². The number of hydrogen-bond donors (Lipinski definition) is 5. The van der Waals surface area contributed by atoms with Gasteiger partial charge in [0.2, 0.25) is 5.91 Å². The van der Waals surface area contributed by atoms with Gasteiger partial charge in [-0.25, -0.2) is 0 Å². The zero-order valence-corrected chi connectivity index (χ0v) is 48.3. The Hall–Kier alpha value is -0.950. The Morgan fingerprint density at radius 1 is 0.338 bits per heavy atom. The summed E-state index contributed by atoms with van der Waals surface area (Å²) >= 11 is 0. The van der Waals surface area contributed by atoms with Crippen LogP contribution in [0.3, 0.4) is 0 Å². The summed E-state index contributed by atoms with van der Waals surface area (Å²) in [6.45, 7) is 4.10. The number of unbranched alkanes of at least 4 members (excludes halogenated alkanes) is 50. The van der Waals surface area contributed by atoms with Crippen LogP contribution in [0.4, 0.5) is 0 Å². The van der Waals surface area contributed by atoms with Crippen LogP contribution in [0.5, 0.6) is 0 Å². The highest BCUT2D eigenvalue weighted by Crippen LogP contribution is 2.19. The van der Waals surface area contributed by atoms with Crippen molar-refractivity contribution in [1.29, 1.82) is 0 Å². The average Bonchev–Trinajstić information content (AvgIpc) is 3.38. The fourth-order valence-corrected chi connectivity index (χ4v) is 10.6. The smallest absolute Gasteiger partial charge is 0.249 e. The summed E-state index contributed by atoms with van der Waals surface area (Å²) in [5, 5.41) is 44.1. The third-order valence-corrected chi connectivity index (χ3v) is 15.7. The van der Waals surface area contributed by atoms with E-state index < -0.39 is 36.9 Å². The first-order chi connectivity index (χ1) is 35.0. The van der Waals surface area contributed by atoms with Gasteiger partial charge >= 0.3 is 0 Å². The van der Waals surface area contributed by atoms with E-state index in [2.05, 4.69) is 31.3 Å². The molecule has 424 valence electrons. The van der Waals surface area contributed by atoms with Crippen LogP contribution in [0, 0.1) is 0 Å². The van der Waals surface area contributed by atoms with Gasteiger partial charge in [-0.1, -0.05) is 341 Å². The molecule has 0 bridgehead atoms. The maximum Gasteiger partial charge on any atom is 0.249 e. The van der Waals surface area contributed by atoms with Crippen LogP contribution < -0.4 is 5.32 Å². The highest BCUT2D eigenvalue weighted by molar-refractivity contribution is 5.80. The van der Waals surface area contributed by atoms with Crippen LogP contribution in [0.2, 0.25) is 0 Å². The minimum absolute atomic E-state index is 0.369. The molecule has 0 spiro atoms. The van der Waals surface area contributed by atoms with Crippen molar-refractivity contribution in [2.45, 2.75) is 391 Å². The molecular weight excluding hydrogens is 875 g/mol. The van der Waals surface area contributed by atoms with E-state index in [1.54, 1.807) is 0 Å². The van der Waals surface area contributed by atoms with E-state index in [-0.39, 0.29) is 0 Å². The molecule has 0 saturated carbocycles. The molecule has 0 aromatic rings. The number of amides is 1. The number of aliphatic hydroxyl groups excluding tert-OH is 4. The van der Waals surface area contributed by atoms with Gasteiger partial charge in [0.15, 0.2) is 0 Å². The maximum absolute atomic E-state index is 12.6. The molecule has 0 aliphatic carbocycles. The largest absolute Gasteiger partial charge is 0.394 e. The topological polar surface area (TPSA) is 110 Å². The molecule has 5 N–H and O–H groups in total. The summed E-state index contributed by atoms with van der Waals surface area (Å²) in [4.78, 5) is 12.6. The van der Waals surface area contributed by atoms with Gasteiger partial charge in [0, 0.05) is 0 Å². The second-order valence-corrected chi connectivity index (χ2v) is 22.8. The van der Waals surface area contributed by atoms with E-state index in [1.165, 1.54) is 302 Å². The number of rotatable bonds is 61. The molecule has 0 aliphatic rings. The molecule has 1 amide bonds. The Balaban J connectivity index is 3.57. The van der Waals surface area contributed by atoms with Crippen molar-refractivity contribution in [3.05, 3.63) is 12.2 Å². The lowest BCUT2D eigenvalue weighted by molar-refractivity contribution is -0.132. The molecule has 0 aromatic carbocycles. The fourth-order valence-electron chi connectivity index (χ4n) is 10.6. The van der Waals surface area contributed by atoms with Crippen LogP contribution in [-0.2, 0) is 4.79 Å². The van der Waals surface area contributed by atoms with Crippen molar-refractivity contribution in [2.75, 3.05) is 6.61 Å². The minimum Gasteiger partial charge on any atom is -0.394 e. The molecule has 0 heterocycles. The van der Waals surface area contributed by atoms with Crippen LogP contribution >= 0.6 is 0 Å². The summed E-state index contributed by atoms with van der Waals surface area (Å²) in [5.41, 5.74) is 0. The van der Waals surface area contributed by atoms with Gasteiger partial charge < -0.3 is 25.7 Å². The van der Waals surface area contributed by atoms with Gasteiger partial charge in [0.1, 0.15) is 12.2 Å². The lowest BCUT2D eigenvalue weighted by Gasteiger charge is -2.27. The number of aliphatic hydroxyl groups is 4. The monoisotopic (exact) mass is 1000 g/mol. The van der Waals surface area contributed by atoms with Gasteiger partial charge in [-0.3, -0.25) is 4.79 Å². The van der Waals surface area contributed by atoms with Crippen LogP contribution in [0.25, 0.3) is 0 Å². The van der Waals surface area contributed by atoms with Crippen LogP contribution in [-0.4, -0.2) is 57.3 Å². The molecule has 0 saturated heterocycles. The Labute approximate surface area is 444 Å². The van der Waals surface area contributed by atoms with Crippen molar-refractivity contribution in [3.63, 3.8) is 0 Å². The molecule has 6 heteroatoms. The van der Waals surface area contributed by atoms with Crippen LogP contribution in [0.15, 0.2) is 12.2 Å². The van der Waals surface area contributed by atoms with E-state index in [1.807, 2.05) is 0 Å². The van der Waals surface area contributed by atoms with E-state index in [0.29, 0.717) is 12.8 Å². The number of nitrogens with one attached hydrogen (secondary N) is 1. The zero-order valence-electron chi connectivity index (χ0n) is 48.3. The second kappa shape index (κ2) is 59.9. The zero-order chi connectivity index (χ0) is 51.6. The standard InChI is InChI=1S/C65H129NO5/c1-3-5-7-9-11-13-15-17-19-21-23-25-27-29-31-32-33-35-36-38-40-42-44-46-48-50-52-54-56-58-62(68)64(70)61(60-67)66-65(71)63(69)59-57-55-53-51-49-47-45-43-41-39-37-34-30-28-26-24-22-20-18-16-14-12-10-8-6-4-2/h50,52,61-64,67-70H,3-49,51,53-60H2,1-2H3,(H,66,71)/b52-50+. The Morgan fingerprint density at radius 2 is 0.577 bits per heavy atom. The van der Waals surface area contributed by atoms with Crippen molar-refractivity contribution < 1.29 is 25.2 Å². The summed E-state index contributed by atoms with van der Waals surface area (Å²) in [5.74, 6) is -0.585. The molecule has 0 rings (SSSR count). The third-order valence-electron chi connectivity index (χ3n) is 15.7. The normalized spacial score (nSPS) is 13.6. The molecule has 6 nitrogen and oxygen atoms in total. The van der Waals surface area contributed by atoms with E-state index in [0.717, 1.165) is 38.5 Å². The van der Waals surface area contributed by atoms with Gasteiger partial charge in [-0.15, -0.1) is 0 Å². The molecule has 0 aliphatic heterocycles. The SMILES string of the molecule is CCCCCCCCCCCCCCCCCCCCCCCCCC/C=C/CCCC(O)C(O)C(CO)NC(=O)C(O)CCCCCCCCCCCCCCCCCCCCCCCCCCCC. The summed E-state index contributed by atoms with van der Waals surface area (Å²) in [6.07, 6.45) is 73.2. The lowest BCUT2D eigenvalue weighted by Crippen LogP contribution is -2.53. The first kappa shape index (κ1) is 70.1. The average molecular weight is 1000 g/mol. The van der Waals surface area contributed by atoms with Crippen molar-refractivity contribution in [3.8, 4) is 0 Å². The maximum atomic E-state index is 12.6. The molecule has 71 heavy (non-hydrogen) atoms. The molecule has 4 atom stereocenters. The van der Waals surface area contributed by atoms with Gasteiger partial charge in [-0.05, 0) is 38.5 Å². The lowest BCUT2D eigenvalue weighted by atomic mass is 10.00. The Morgan fingerprint density at radius 3 is 0.845 bits per heavy atom. The summed E-state index contributed by atoms with van der Waals surface area (Å²) in [6, 6.07) is -1.000. The molecule has 4 unspecified atom stereocenters. The number of carbonyl (C=O) groups is 1. The van der Waals surface area contributed by atoms with Gasteiger partial charge in [0.05, 0.1) is 18.8 Å². The fraction of sp³-hybridized carbons (Fsp3) is 0.954. The molecule has 0 radical (unpaired) electrons. The minimum atomic E-state index is -1.28. The number of carbonyl (C=O) groups excluding carboxylic acids is 1. The van der Waals surface area contributed by atoms with E-state index in [9.17, 15) is 25.2 Å². The first-order valence-electron chi connectivity index (χ1n) is 32.6. The molecular formula is C65H129NO5. The summed E-state index contributed by atoms with van der Waals surface area (Å²) < 4.78 is 0. The number of allylic oxidation sites excluding steroid dienone is 2. The highest BCUT2D eigenvalue weighted by Gasteiger charge is 2.28. The molecule has 0 fully saturated rings. The third kappa shape index (κ3) is 53.7. The Kier molecular flexibility index (Phi) is 59.1. The Bertz CT molecular complexity index is 1040. The van der Waals surface area contributed by atoms with Gasteiger partial charge in [-0.2, -0.15) is 0 Å². The number of hydrogen-bond acceptors (Lipinski definition) is 5. The van der Waals surface area contributed by atoms with Crippen molar-refractivity contribution >= 4 is 5.91 Å². The predicted molar refractivity (Wildman–Crippen MR) is 311 cm³/mol. The van der Waals surface area contributed by atoms with E-state index in [4.69, 9.17) is 0 Å². The summed E-state index contributed by atoms with van der Waals surface area (Å²) in [7, 11) is 0. The van der Waals surface area contributed by atoms with Gasteiger partial charge in [0.25, 0.3) is 0 Å². The van der Waals surface area contributed by atoms with E-state index >= 15 is 0 Å². The predicted octanol–water partition coefficient (Wildman–Crippen LogP) is 19.6. The van der Waals surface area contributed by atoms with Crippen molar-refractivity contribution in [1.82, 2.24) is 5.32 Å². The first-order valence-corrected chi connectivity index (χ1v) is 32.6. The second-order valence-electron chi connectivity index (χ2n) is 22.8. The van der Waals surface area contributed by atoms with Crippen LogP contribution in [0.1, 0.15) is 367 Å². The quantitative estimate of drug-likeness (QED) is 0.0308.